The SMILES string of the molecule is Fc1cccc(CN2CCCCC2c2cc3ccccc3[nH]2)c1F. The summed E-state index contributed by atoms with van der Waals surface area (Å²) < 4.78 is 27.5. The molecule has 0 spiro atoms. The van der Waals surface area contributed by atoms with Crippen LogP contribution in [0.4, 0.5) is 8.78 Å². The van der Waals surface area contributed by atoms with Crippen LogP contribution in [0.2, 0.25) is 0 Å². The van der Waals surface area contributed by atoms with E-state index in [9.17, 15) is 8.78 Å². The summed E-state index contributed by atoms with van der Waals surface area (Å²) in [5.74, 6) is -1.50. The Labute approximate surface area is 140 Å². The van der Waals surface area contributed by atoms with Crippen molar-refractivity contribution in [1.82, 2.24) is 9.88 Å². The highest BCUT2D eigenvalue weighted by molar-refractivity contribution is 5.80. The van der Waals surface area contributed by atoms with Crippen molar-refractivity contribution in [1.29, 1.82) is 0 Å². The molecule has 1 saturated heterocycles. The first kappa shape index (κ1) is 15.3. The van der Waals surface area contributed by atoms with Gasteiger partial charge in [0.05, 0.1) is 6.04 Å². The highest BCUT2D eigenvalue weighted by Gasteiger charge is 2.26. The highest BCUT2D eigenvalue weighted by atomic mass is 19.2. The number of fused-ring (bicyclic) bond motifs is 1. The van der Waals surface area contributed by atoms with Gasteiger partial charge in [0.2, 0.25) is 0 Å². The summed E-state index contributed by atoms with van der Waals surface area (Å²) in [6.45, 7) is 1.33. The van der Waals surface area contributed by atoms with Crippen molar-refractivity contribution in [2.45, 2.75) is 31.8 Å². The monoisotopic (exact) mass is 326 g/mol. The van der Waals surface area contributed by atoms with E-state index in [2.05, 4.69) is 28.1 Å². The second-order valence-electron chi connectivity index (χ2n) is 6.51. The molecule has 1 aromatic heterocycles. The molecular weight excluding hydrogens is 306 g/mol. The minimum atomic E-state index is -0.772. The number of halogens is 2. The van der Waals surface area contributed by atoms with Gasteiger partial charge >= 0.3 is 0 Å². The Hall–Kier alpha value is -2.20. The van der Waals surface area contributed by atoms with Gasteiger partial charge in [-0.25, -0.2) is 8.78 Å². The number of likely N-dealkylation sites (tertiary alicyclic amines) is 1. The minimum absolute atomic E-state index is 0.216. The van der Waals surface area contributed by atoms with Crippen LogP contribution in [0.25, 0.3) is 10.9 Å². The van der Waals surface area contributed by atoms with Gasteiger partial charge in [0.25, 0.3) is 0 Å². The molecule has 124 valence electrons. The largest absolute Gasteiger partial charge is 0.357 e. The average Bonchev–Trinajstić information content (AvgIpc) is 3.03. The Morgan fingerprint density at radius 3 is 2.79 bits per heavy atom. The molecule has 1 atom stereocenters. The van der Waals surface area contributed by atoms with Crippen LogP contribution < -0.4 is 0 Å². The minimum Gasteiger partial charge on any atom is -0.357 e. The van der Waals surface area contributed by atoms with Gasteiger partial charge in [-0.3, -0.25) is 4.90 Å². The van der Waals surface area contributed by atoms with Gasteiger partial charge in [-0.1, -0.05) is 36.8 Å². The fourth-order valence-corrected chi connectivity index (χ4v) is 3.70. The first-order valence-corrected chi connectivity index (χ1v) is 8.47. The van der Waals surface area contributed by atoms with Gasteiger partial charge in [-0.05, 0) is 43.0 Å². The Bertz CT molecular complexity index is 823. The van der Waals surface area contributed by atoms with Gasteiger partial charge in [-0.15, -0.1) is 0 Å². The third kappa shape index (κ3) is 2.82. The van der Waals surface area contributed by atoms with E-state index >= 15 is 0 Å². The average molecular weight is 326 g/mol. The van der Waals surface area contributed by atoms with Crippen molar-refractivity contribution in [3.63, 3.8) is 0 Å². The number of benzene rings is 2. The number of aromatic nitrogens is 1. The van der Waals surface area contributed by atoms with E-state index in [-0.39, 0.29) is 6.04 Å². The smallest absolute Gasteiger partial charge is 0.163 e. The lowest BCUT2D eigenvalue weighted by Gasteiger charge is -2.35. The lowest BCUT2D eigenvalue weighted by Crippen LogP contribution is -2.33. The van der Waals surface area contributed by atoms with Gasteiger partial charge in [-0.2, -0.15) is 0 Å². The summed E-state index contributed by atoms with van der Waals surface area (Å²) in [5.41, 5.74) is 2.71. The molecule has 1 N–H and O–H groups in total. The molecule has 0 bridgehead atoms. The molecule has 1 unspecified atom stereocenters. The Balaban J connectivity index is 1.64. The van der Waals surface area contributed by atoms with E-state index in [0.29, 0.717) is 12.1 Å². The molecule has 0 radical (unpaired) electrons. The summed E-state index contributed by atoms with van der Waals surface area (Å²) in [5, 5.41) is 1.19. The van der Waals surface area contributed by atoms with Gasteiger partial charge in [0.15, 0.2) is 11.6 Å². The van der Waals surface area contributed by atoms with E-state index in [1.54, 1.807) is 12.1 Å². The molecule has 1 aliphatic heterocycles. The normalized spacial score (nSPS) is 19.0. The third-order valence-electron chi connectivity index (χ3n) is 4.93. The number of H-pyrrole nitrogens is 1. The number of piperidine rings is 1. The number of para-hydroxylation sites is 1. The van der Waals surface area contributed by atoms with Crippen LogP contribution in [0.3, 0.4) is 0 Å². The number of hydrogen-bond acceptors (Lipinski definition) is 1. The van der Waals surface area contributed by atoms with Crippen molar-refractivity contribution < 1.29 is 8.78 Å². The van der Waals surface area contributed by atoms with Gasteiger partial charge < -0.3 is 4.98 Å². The zero-order valence-electron chi connectivity index (χ0n) is 13.4. The summed E-state index contributed by atoms with van der Waals surface area (Å²) in [7, 11) is 0. The topological polar surface area (TPSA) is 19.0 Å². The number of nitrogens with zero attached hydrogens (tertiary/aromatic N) is 1. The van der Waals surface area contributed by atoms with Gasteiger partial charge in [0, 0.05) is 23.3 Å². The van der Waals surface area contributed by atoms with E-state index in [1.807, 2.05) is 12.1 Å². The molecule has 0 amide bonds. The predicted octanol–water partition coefficient (Wildman–Crippen LogP) is 5.17. The summed E-state index contributed by atoms with van der Waals surface area (Å²) in [6, 6.07) is 15.0. The third-order valence-corrected chi connectivity index (χ3v) is 4.93. The molecule has 4 rings (SSSR count). The molecule has 2 heterocycles. The highest BCUT2D eigenvalue weighted by Crippen LogP contribution is 2.33. The van der Waals surface area contributed by atoms with Crippen LogP contribution >= 0.6 is 0 Å². The Morgan fingerprint density at radius 1 is 1.04 bits per heavy atom. The molecule has 24 heavy (non-hydrogen) atoms. The molecule has 0 aliphatic carbocycles. The summed E-state index contributed by atoms with van der Waals surface area (Å²) in [6.07, 6.45) is 3.28. The molecule has 0 saturated carbocycles. The van der Waals surface area contributed by atoms with E-state index in [4.69, 9.17) is 0 Å². The van der Waals surface area contributed by atoms with Crippen molar-refractivity contribution in [2.24, 2.45) is 0 Å². The first-order chi connectivity index (χ1) is 11.7. The maximum atomic E-state index is 14.0. The van der Waals surface area contributed by atoms with Crippen LogP contribution in [0.5, 0.6) is 0 Å². The van der Waals surface area contributed by atoms with Crippen LogP contribution in [0, 0.1) is 11.6 Å². The second kappa shape index (κ2) is 6.36. The standard InChI is InChI=1S/C20H20F2N2/c21-16-8-5-7-15(20(16)22)13-24-11-4-3-10-19(24)18-12-14-6-1-2-9-17(14)23-18/h1-2,5-9,12,19,23H,3-4,10-11,13H2. The lowest BCUT2D eigenvalue weighted by molar-refractivity contribution is 0.136. The maximum absolute atomic E-state index is 14.0. The van der Waals surface area contributed by atoms with E-state index < -0.39 is 11.6 Å². The van der Waals surface area contributed by atoms with Crippen molar-refractivity contribution in [3.8, 4) is 0 Å². The van der Waals surface area contributed by atoms with E-state index in [0.717, 1.165) is 37.0 Å². The zero-order chi connectivity index (χ0) is 16.5. The molecule has 1 aliphatic rings. The van der Waals surface area contributed by atoms with E-state index in [1.165, 1.54) is 11.5 Å². The molecule has 4 heteroatoms. The number of rotatable bonds is 3. The summed E-state index contributed by atoms with van der Waals surface area (Å²) in [4.78, 5) is 5.75. The van der Waals surface area contributed by atoms with Crippen LogP contribution in [-0.4, -0.2) is 16.4 Å². The van der Waals surface area contributed by atoms with Crippen molar-refractivity contribution in [3.05, 3.63) is 71.4 Å². The maximum Gasteiger partial charge on any atom is 0.163 e. The van der Waals surface area contributed by atoms with Crippen LogP contribution in [-0.2, 0) is 6.54 Å². The fourth-order valence-electron chi connectivity index (χ4n) is 3.70. The Morgan fingerprint density at radius 2 is 1.92 bits per heavy atom. The quantitative estimate of drug-likeness (QED) is 0.703. The second-order valence-corrected chi connectivity index (χ2v) is 6.51. The van der Waals surface area contributed by atoms with Crippen LogP contribution in [0.1, 0.15) is 36.6 Å². The van der Waals surface area contributed by atoms with Crippen LogP contribution in [0.15, 0.2) is 48.5 Å². The van der Waals surface area contributed by atoms with Crippen molar-refractivity contribution >= 4 is 10.9 Å². The first-order valence-electron chi connectivity index (χ1n) is 8.47. The molecular formula is C20H20F2N2. The molecule has 3 aromatic rings. The molecule has 1 fully saturated rings. The Kier molecular flexibility index (Phi) is 4.07. The predicted molar refractivity (Wildman–Crippen MR) is 91.7 cm³/mol. The molecule has 2 aromatic carbocycles. The fraction of sp³-hybridized carbons (Fsp3) is 0.300. The number of hydrogen-bond donors (Lipinski definition) is 1. The molecule has 2 nitrogen and oxygen atoms in total. The zero-order valence-corrected chi connectivity index (χ0v) is 13.4. The van der Waals surface area contributed by atoms with Gasteiger partial charge in [0.1, 0.15) is 0 Å². The number of nitrogens with one attached hydrogen (secondary N) is 1. The number of aromatic amines is 1. The lowest BCUT2D eigenvalue weighted by atomic mass is 9.98. The summed E-state index contributed by atoms with van der Waals surface area (Å²) >= 11 is 0. The van der Waals surface area contributed by atoms with Crippen molar-refractivity contribution in [2.75, 3.05) is 6.54 Å².